The van der Waals surface area contributed by atoms with Gasteiger partial charge in [-0.1, -0.05) is 30.3 Å². The molecule has 0 spiro atoms. The minimum absolute atomic E-state index is 0.257. The lowest BCUT2D eigenvalue weighted by Crippen LogP contribution is -2.50. The fourth-order valence-electron chi connectivity index (χ4n) is 2.26. The lowest BCUT2D eigenvalue weighted by molar-refractivity contribution is 0.0824. The number of piperazine rings is 1. The van der Waals surface area contributed by atoms with Crippen molar-refractivity contribution in [2.45, 2.75) is 13.5 Å². The molecule has 0 atom stereocenters. The van der Waals surface area contributed by atoms with Gasteiger partial charge in [0.2, 0.25) is 0 Å². The van der Waals surface area contributed by atoms with Gasteiger partial charge in [-0.3, -0.25) is 4.99 Å². The summed E-state index contributed by atoms with van der Waals surface area (Å²) in [5.74, 6) is 0.926. The zero-order valence-corrected chi connectivity index (χ0v) is 12.4. The quantitative estimate of drug-likeness (QED) is 0.672. The number of rotatable bonds is 3. The summed E-state index contributed by atoms with van der Waals surface area (Å²) in [7, 11) is 0. The van der Waals surface area contributed by atoms with Crippen LogP contribution in [-0.2, 0) is 11.3 Å². The molecule has 114 valence electrons. The molecule has 2 N–H and O–H groups in total. The number of ether oxygens (including phenoxy) is 1. The highest BCUT2D eigenvalue weighted by molar-refractivity contribution is 5.80. The number of benzene rings is 1. The van der Waals surface area contributed by atoms with Crippen LogP contribution in [0.1, 0.15) is 12.5 Å². The van der Waals surface area contributed by atoms with Crippen molar-refractivity contribution >= 4 is 11.9 Å². The molecular formula is C15H22N4O2. The third-order valence-corrected chi connectivity index (χ3v) is 3.52. The zero-order valence-electron chi connectivity index (χ0n) is 12.4. The second-order valence-corrected chi connectivity index (χ2v) is 4.90. The Kier molecular flexibility index (Phi) is 5.57. The number of aliphatic imine (C=N–C) groups is 1. The van der Waals surface area contributed by atoms with Gasteiger partial charge in [-0.25, -0.2) is 4.79 Å². The Hall–Kier alpha value is -2.08. The highest BCUT2D eigenvalue weighted by Crippen LogP contribution is 2.07. The third kappa shape index (κ3) is 4.46. The topological polar surface area (TPSA) is 71.2 Å². The molecule has 2 rings (SSSR count). The molecular weight excluding hydrogens is 268 g/mol. The number of hydrogen-bond acceptors (Lipinski definition) is 4. The number of amidine groups is 1. The van der Waals surface area contributed by atoms with E-state index in [1.165, 1.54) is 0 Å². The molecule has 0 bridgehead atoms. The number of amides is 1. The van der Waals surface area contributed by atoms with Crippen LogP contribution < -0.4 is 5.73 Å². The zero-order chi connectivity index (χ0) is 15.1. The summed E-state index contributed by atoms with van der Waals surface area (Å²) >= 11 is 0. The van der Waals surface area contributed by atoms with Crippen LogP contribution in [0.4, 0.5) is 4.79 Å². The smallest absolute Gasteiger partial charge is 0.410 e. The maximum atomic E-state index is 12.0. The molecule has 0 saturated carbocycles. The highest BCUT2D eigenvalue weighted by atomic mass is 16.6. The summed E-state index contributed by atoms with van der Waals surface area (Å²) < 4.78 is 5.33. The van der Waals surface area contributed by atoms with Crippen molar-refractivity contribution < 1.29 is 9.53 Å². The first-order valence-corrected chi connectivity index (χ1v) is 7.12. The number of carbonyl (C=O) groups is 1. The molecule has 21 heavy (non-hydrogen) atoms. The lowest BCUT2D eigenvalue weighted by Gasteiger charge is -2.35. The SMILES string of the molecule is CC(=NCN)N1CCN(C(=O)OCc2ccccc2)CC1. The van der Waals surface area contributed by atoms with Gasteiger partial charge in [-0.15, -0.1) is 0 Å². The minimum Gasteiger partial charge on any atom is -0.445 e. The lowest BCUT2D eigenvalue weighted by atomic mass is 10.2. The van der Waals surface area contributed by atoms with Gasteiger partial charge in [0.05, 0.1) is 12.5 Å². The maximum Gasteiger partial charge on any atom is 0.410 e. The predicted molar refractivity (Wildman–Crippen MR) is 81.9 cm³/mol. The third-order valence-electron chi connectivity index (χ3n) is 3.52. The van der Waals surface area contributed by atoms with E-state index in [-0.39, 0.29) is 6.09 Å². The molecule has 1 aliphatic rings. The van der Waals surface area contributed by atoms with E-state index >= 15 is 0 Å². The molecule has 1 fully saturated rings. The largest absolute Gasteiger partial charge is 0.445 e. The van der Waals surface area contributed by atoms with Crippen LogP contribution in [0.15, 0.2) is 35.3 Å². The summed E-state index contributed by atoms with van der Waals surface area (Å²) in [6.45, 7) is 5.36. The highest BCUT2D eigenvalue weighted by Gasteiger charge is 2.22. The van der Waals surface area contributed by atoms with Gasteiger partial charge in [-0.05, 0) is 12.5 Å². The standard InChI is InChI=1S/C15H22N4O2/c1-13(17-12-16)18-7-9-19(10-8-18)15(20)21-11-14-5-3-2-4-6-14/h2-6H,7-12,16H2,1H3. The average molecular weight is 290 g/mol. The molecule has 0 unspecified atom stereocenters. The first-order valence-electron chi connectivity index (χ1n) is 7.12. The number of nitrogens with zero attached hydrogens (tertiary/aromatic N) is 3. The molecule has 0 aliphatic carbocycles. The van der Waals surface area contributed by atoms with Gasteiger partial charge in [0.25, 0.3) is 0 Å². The molecule has 1 aliphatic heterocycles. The summed E-state index contributed by atoms with van der Waals surface area (Å²) in [4.78, 5) is 20.1. The molecule has 6 heteroatoms. The monoisotopic (exact) mass is 290 g/mol. The minimum atomic E-state index is -0.257. The van der Waals surface area contributed by atoms with Gasteiger partial charge < -0.3 is 20.3 Å². The van der Waals surface area contributed by atoms with Gasteiger partial charge in [-0.2, -0.15) is 0 Å². The van der Waals surface area contributed by atoms with E-state index in [1.54, 1.807) is 4.90 Å². The first-order chi connectivity index (χ1) is 10.2. The molecule has 1 saturated heterocycles. The number of nitrogens with two attached hydrogens (primary N) is 1. The molecule has 1 heterocycles. The van der Waals surface area contributed by atoms with Crippen LogP contribution in [0.3, 0.4) is 0 Å². The molecule has 1 aromatic rings. The van der Waals surface area contributed by atoms with Gasteiger partial charge in [0.15, 0.2) is 0 Å². The molecule has 6 nitrogen and oxygen atoms in total. The summed E-state index contributed by atoms with van der Waals surface area (Å²) in [5, 5.41) is 0. The summed E-state index contributed by atoms with van der Waals surface area (Å²) in [6, 6.07) is 9.69. The van der Waals surface area contributed by atoms with Crippen LogP contribution in [0.25, 0.3) is 0 Å². The Morgan fingerprint density at radius 2 is 1.81 bits per heavy atom. The van der Waals surface area contributed by atoms with Crippen molar-refractivity contribution in [3.8, 4) is 0 Å². The van der Waals surface area contributed by atoms with E-state index < -0.39 is 0 Å². The van der Waals surface area contributed by atoms with Gasteiger partial charge >= 0.3 is 6.09 Å². The molecule has 0 radical (unpaired) electrons. The van der Waals surface area contributed by atoms with E-state index in [1.807, 2.05) is 37.3 Å². The van der Waals surface area contributed by atoms with Crippen LogP contribution in [-0.4, -0.2) is 54.6 Å². The van der Waals surface area contributed by atoms with Gasteiger partial charge in [0.1, 0.15) is 6.61 Å². The van der Waals surface area contributed by atoms with Crippen molar-refractivity contribution in [3.63, 3.8) is 0 Å². The summed E-state index contributed by atoms with van der Waals surface area (Å²) in [5.41, 5.74) is 6.40. The van der Waals surface area contributed by atoms with Crippen LogP contribution >= 0.6 is 0 Å². The Morgan fingerprint density at radius 3 is 2.43 bits per heavy atom. The number of carbonyl (C=O) groups excluding carboxylic acids is 1. The van der Waals surface area contributed by atoms with E-state index in [9.17, 15) is 4.79 Å². The second-order valence-electron chi connectivity index (χ2n) is 4.90. The van der Waals surface area contributed by atoms with Crippen LogP contribution in [0.2, 0.25) is 0 Å². The van der Waals surface area contributed by atoms with Crippen molar-refractivity contribution in [3.05, 3.63) is 35.9 Å². The molecule has 1 amide bonds. The molecule has 0 aromatic heterocycles. The first kappa shape index (κ1) is 15.3. The van der Waals surface area contributed by atoms with Crippen molar-refractivity contribution in [1.82, 2.24) is 9.80 Å². The van der Waals surface area contributed by atoms with Gasteiger partial charge in [0, 0.05) is 26.2 Å². The molecule has 1 aromatic carbocycles. The summed E-state index contributed by atoms with van der Waals surface area (Å²) in [6.07, 6.45) is -0.257. The number of hydrogen-bond donors (Lipinski definition) is 1. The van der Waals surface area contributed by atoms with E-state index in [2.05, 4.69) is 9.89 Å². The Morgan fingerprint density at radius 1 is 1.19 bits per heavy atom. The van der Waals surface area contributed by atoms with Crippen molar-refractivity contribution in [1.29, 1.82) is 0 Å². The Labute approximate surface area is 125 Å². The Bertz CT molecular complexity index is 482. The van der Waals surface area contributed by atoms with E-state index in [4.69, 9.17) is 10.5 Å². The average Bonchev–Trinajstić information content (AvgIpc) is 2.54. The van der Waals surface area contributed by atoms with Crippen LogP contribution in [0, 0.1) is 0 Å². The fraction of sp³-hybridized carbons (Fsp3) is 0.467. The normalized spacial score (nSPS) is 16.0. The van der Waals surface area contributed by atoms with Crippen LogP contribution in [0.5, 0.6) is 0 Å². The fourth-order valence-corrected chi connectivity index (χ4v) is 2.26. The van der Waals surface area contributed by atoms with Crippen molar-refractivity contribution in [2.24, 2.45) is 10.7 Å². The maximum absolute atomic E-state index is 12.0. The van der Waals surface area contributed by atoms with E-state index in [0.717, 1.165) is 24.5 Å². The van der Waals surface area contributed by atoms with E-state index in [0.29, 0.717) is 26.4 Å². The second kappa shape index (κ2) is 7.64. The predicted octanol–water partition coefficient (Wildman–Crippen LogP) is 1.28. The van der Waals surface area contributed by atoms with Crippen molar-refractivity contribution in [2.75, 3.05) is 32.8 Å². The Balaban J connectivity index is 1.77.